The number of halogens is 1. The Hall–Kier alpha value is -3.70. The van der Waals surface area contributed by atoms with E-state index in [-0.39, 0.29) is 11.9 Å². The third-order valence-corrected chi connectivity index (χ3v) is 6.67. The number of hydrogen-bond acceptors (Lipinski definition) is 4. The maximum absolute atomic E-state index is 13.3. The van der Waals surface area contributed by atoms with Gasteiger partial charge in [0.25, 0.3) is 5.91 Å². The van der Waals surface area contributed by atoms with Crippen LogP contribution in [-0.2, 0) is 16.0 Å². The summed E-state index contributed by atoms with van der Waals surface area (Å²) in [5, 5.41) is 4.36. The zero-order valence-electron chi connectivity index (χ0n) is 19.3. The number of aryl methyl sites for hydroxylation is 1. The van der Waals surface area contributed by atoms with Crippen molar-refractivity contribution in [2.24, 2.45) is 0 Å². The average Bonchev–Trinajstić information content (AvgIpc) is 2.88. The van der Waals surface area contributed by atoms with Crippen LogP contribution in [0.15, 0.2) is 78.9 Å². The van der Waals surface area contributed by atoms with Crippen molar-refractivity contribution in [3.05, 3.63) is 101 Å². The highest BCUT2D eigenvalue weighted by molar-refractivity contribution is 6.30. The van der Waals surface area contributed by atoms with Crippen molar-refractivity contribution in [1.29, 1.82) is 0 Å². The number of fused-ring (bicyclic) bond motifs is 2. The molecule has 1 aromatic heterocycles. The number of amides is 1. The zero-order chi connectivity index (χ0) is 24.4. The summed E-state index contributed by atoms with van der Waals surface area (Å²) in [7, 11) is 0. The van der Waals surface area contributed by atoms with Crippen LogP contribution in [0.3, 0.4) is 0 Å². The van der Waals surface area contributed by atoms with Gasteiger partial charge in [-0.15, -0.1) is 0 Å². The Morgan fingerprint density at radius 2 is 1.77 bits per heavy atom. The number of nitrogens with one attached hydrogen (secondary N) is 1. The van der Waals surface area contributed by atoms with E-state index in [1.165, 1.54) is 5.56 Å². The Morgan fingerprint density at radius 1 is 1.03 bits per heavy atom. The highest BCUT2D eigenvalue weighted by atomic mass is 35.5. The number of aromatic nitrogens is 1. The molecule has 2 atom stereocenters. The first-order chi connectivity index (χ1) is 17.0. The van der Waals surface area contributed by atoms with Crippen LogP contribution in [0.25, 0.3) is 22.2 Å². The van der Waals surface area contributed by atoms with Gasteiger partial charge in [0.15, 0.2) is 6.10 Å². The Labute approximate surface area is 209 Å². The van der Waals surface area contributed by atoms with Crippen molar-refractivity contribution < 1.29 is 14.3 Å². The summed E-state index contributed by atoms with van der Waals surface area (Å²) in [4.78, 5) is 30.9. The summed E-state index contributed by atoms with van der Waals surface area (Å²) in [6, 6.07) is 24.4. The van der Waals surface area contributed by atoms with Gasteiger partial charge in [-0.05, 0) is 61.6 Å². The summed E-state index contributed by atoms with van der Waals surface area (Å²) < 4.78 is 5.65. The highest BCUT2D eigenvalue weighted by Gasteiger charge is 2.26. The quantitative estimate of drug-likeness (QED) is 0.338. The first-order valence-electron chi connectivity index (χ1n) is 11.7. The molecule has 2 unspecified atom stereocenters. The summed E-state index contributed by atoms with van der Waals surface area (Å²) in [5.74, 6) is -0.873. The van der Waals surface area contributed by atoms with Gasteiger partial charge in [0, 0.05) is 16.0 Å². The topological polar surface area (TPSA) is 68.3 Å². The van der Waals surface area contributed by atoms with Gasteiger partial charge in [0.1, 0.15) is 0 Å². The molecule has 176 valence electrons. The van der Waals surface area contributed by atoms with Gasteiger partial charge in [-0.25, -0.2) is 9.78 Å². The normalized spacial score (nSPS) is 15.8. The van der Waals surface area contributed by atoms with E-state index < -0.39 is 12.1 Å². The van der Waals surface area contributed by atoms with Gasteiger partial charge >= 0.3 is 5.97 Å². The van der Waals surface area contributed by atoms with Gasteiger partial charge in [-0.1, -0.05) is 66.2 Å². The first-order valence-corrected chi connectivity index (χ1v) is 12.1. The van der Waals surface area contributed by atoms with Gasteiger partial charge in [0.2, 0.25) is 0 Å². The molecule has 0 fully saturated rings. The monoisotopic (exact) mass is 484 g/mol. The molecular weight excluding hydrogens is 460 g/mol. The van der Waals surface area contributed by atoms with E-state index in [4.69, 9.17) is 21.3 Å². The Kier molecular flexibility index (Phi) is 6.51. The standard InChI is InChI=1S/C29H25ClN2O3/c1-18(28(33)32-25-12-6-8-19-7-2-3-9-22(19)25)35-29(34)24-17-27(20-13-15-21(30)16-14-20)31-26-11-5-4-10-23(24)26/h2-5,7,9-11,13-18,25H,6,8,12H2,1H3,(H,32,33). The van der Waals surface area contributed by atoms with Crippen LogP contribution in [0.2, 0.25) is 5.02 Å². The number of carbonyl (C=O) groups excluding carboxylic acids is 2. The molecule has 3 aromatic carbocycles. The number of esters is 1. The molecule has 5 rings (SSSR count). The molecule has 4 aromatic rings. The van der Waals surface area contributed by atoms with Crippen LogP contribution in [0.4, 0.5) is 0 Å². The van der Waals surface area contributed by atoms with Crippen molar-refractivity contribution in [2.45, 2.75) is 38.3 Å². The number of para-hydroxylation sites is 1. The van der Waals surface area contributed by atoms with Crippen molar-refractivity contribution in [3.8, 4) is 11.3 Å². The van der Waals surface area contributed by atoms with Crippen molar-refractivity contribution in [3.63, 3.8) is 0 Å². The molecule has 1 N–H and O–H groups in total. The number of hydrogen-bond donors (Lipinski definition) is 1. The molecule has 35 heavy (non-hydrogen) atoms. The minimum atomic E-state index is -0.942. The molecule has 1 amide bonds. The van der Waals surface area contributed by atoms with Crippen LogP contribution >= 0.6 is 11.6 Å². The fraction of sp³-hybridized carbons (Fsp3) is 0.207. The van der Waals surface area contributed by atoms with E-state index in [1.807, 2.05) is 48.5 Å². The zero-order valence-corrected chi connectivity index (χ0v) is 20.1. The average molecular weight is 485 g/mol. The van der Waals surface area contributed by atoms with E-state index in [9.17, 15) is 9.59 Å². The molecule has 0 saturated carbocycles. The number of ether oxygens (including phenoxy) is 1. The molecule has 1 aliphatic rings. The Balaban J connectivity index is 1.37. The number of benzene rings is 3. The van der Waals surface area contributed by atoms with Crippen LogP contribution in [0, 0.1) is 0 Å². The summed E-state index contributed by atoms with van der Waals surface area (Å²) in [6.07, 6.45) is 1.94. The van der Waals surface area contributed by atoms with Gasteiger partial charge < -0.3 is 10.1 Å². The molecule has 1 aliphatic carbocycles. The van der Waals surface area contributed by atoms with E-state index in [0.717, 1.165) is 30.4 Å². The van der Waals surface area contributed by atoms with E-state index >= 15 is 0 Å². The third kappa shape index (κ3) is 4.91. The lowest BCUT2D eigenvalue weighted by Gasteiger charge is -2.27. The Morgan fingerprint density at radius 3 is 2.60 bits per heavy atom. The van der Waals surface area contributed by atoms with E-state index in [2.05, 4.69) is 17.4 Å². The predicted molar refractivity (Wildman–Crippen MR) is 137 cm³/mol. The molecule has 0 aliphatic heterocycles. The van der Waals surface area contributed by atoms with Crippen LogP contribution in [0.1, 0.15) is 47.3 Å². The van der Waals surface area contributed by atoms with E-state index in [1.54, 1.807) is 25.1 Å². The number of carbonyl (C=O) groups is 2. The fourth-order valence-electron chi connectivity index (χ4n) is 4.58. The van der Waals surface area contributed by atoms with Crippen molar-refractivity contribution >= 4 is 34.4 Å². The largest absolute Gasteiger partial charge is 0.449 e. The van der Waals surface area contributed by atoms with Crippen molar-refractivity contribution in [1.82, 2.24) is 10.3 Å². The minimum Gasteiger partial charge on any atom is -0.449 e. The summed E-state index contributed by atoms with van der Waals surface area (Å²) in [6.45, 7) is 1.60. The molecule has 0 radical (unpaired) electrons. The number of rotatable bonds is 5. The second kappa shape index (κ2) is 9.88. The second-order valence-electron chi connectivity index (χ2n) is 8.78. The van der Waals surface area contributed by atoms with Crippen molar-refractivity contribution in [2.75, 3.05) is 0 Å². The maximum Gasteiger partial charge on any atom is 0.339 e. The Bertz CT molecular complexity index is 1400. The molecule has 0 saturated heterocycles. The van der Waals surface area contributed by atoms with E-state index in [0.29, 0.717) is 27.2 Å². The van der Waals surface area contributed by atoms with Crippen LogP contribution in [0.5, 0.6) is 0 Å². The molecule has 1 heterocycles. The predicted octanol–water partition coefficient (Wildman–Crippen LogP) is 6.29. The number of pyridine rings is 1. The minimum absolute atomic E-state index is 0.0770. The van der Waals surface area contributed by atoms with Gasteiger partial charge in [-0.2, -0.15) is 0 Å². The smallest absolute Gasteiger partial charge is 0.339 e. The van der Waals surface area contributed by atoms with Crippen LogP contribution in [-0.4, -0.2) is 23.0 Å². The van der Waals surface area contributed by atoms with Gasteiger partial charge in [-0.3, -0.25) is 4.79 Å². The third-order valence-electron chi connectivity index (χ3n) is 6.42. The van der Waals surface area contributed by atoms with Crippen LogP contribution < -0.4 is 5.32 Å². The molecule has 6 heteroatoms. The first kappa shape index (κ1) is 23.1. The SMILES string of the molecule is CC(OC(=O)c1cc(-c2ccc(Cl)cc2)nc2ccccc12)C(=O)NC1CCCc2ccccc21. The molecule has 5 nitrogen and oxygen atoms in total. The lowest BCUT2D eigenvalue weighted by molar-refractivity contribution is -0.130. The molecule has 0 bridgehead atoms. The summed E-state index contributed by atoms with van der Waals surface area (Å²) >= 11 is 6.03. The lowest BCUT2D eigenvalue weighted by Crippen LogP contribution is -2.39. The molecular formula is C29H25ClN2O3. The van der Waals surface area contributed by atoms with Gasteiger partial charge in [0.05, 0.1) is 22.8 Å². The lowest BCUT2D eigenvalue weighted by atomic mass is 9.87. The number of nitrogens with zero attached hydrogens (tertiary/aromatic N) is 1. The molecule has 0 spiro atoms. The summed E-state index contributed by atoms with van der Waals surface area (Å²) in [5.41, 5.74) is 4.88. The highest BCUT2D eigenvalue weighted by Crippen LogP contribution is 2.30. The fourth-order valence-corrected chi connectivity index (χ4v) is 4.71. The second-order valence-corrected chi connectivity index (χ2v) is 9.22. The maximum atomic E-state index is 13.3.